The number of anilines is 1. The molecule has 0 unspecified atom stereocenters. The molecule has 2 N–H and O–H groups in total. The molecule has 4 heteroatoms. The third-order valence-electron chi connectivity index (χ3n) is 2.56. The molecule has 17 heavy (non-hydrogen) atoms. The van der Waals surface area contributed by atoms with E-state index in [1.165, 1.54) is 6.07 Å². The van der Waals surface area contributed by atoms with Crippen LogP contribution >= 0.6 is 23.2 Å². The average molecular weight is 270 g/mol. The molecule has 0 spiro atoms. The summed E-state index contributed by atoms with van der Waals surface area (Å²) in [4.78, 5) is 0. The zero-order valence-corrected chi connectivity index (χ0v) is 10.6. The van der Waals surface area contributed by atoms with E-state index >= 15 is 0 Å². The number of rotatable bonds is 1. The van der Waals surface area contributed by atoms with Gasteiger partial charge in [0.25, 0.3) is 0 Å². The van der Waals surface area contributed by atoms with Gasteiger partial charge in [-0.1, -0.05) is 29.3 Å². The number of hydrogen-bond acceptors (Lipinski definition) is 1. The molecule has 0 aliphatic rings. The number of nitrogens with two attached hydrogens (primary N) is 1. The van der Waals surface area contributed by atoms with Gasteiger partial charge < -0.3 is 5.73 Å². The minimum atomic E-state index is -0.319. The Morgan fingerprint density at radius 2 is 1.76 bits per heavy atom. The largest absolute Gasteiger partial charge is 0.398 e. The van der Waals surface area contributed by atoms with Gasteiger partial charge in [0.15, 0.2) is 0 Å². The van der Waals surface area contributed by atoms with Gasteiger partial charge in [0.2, 0.25) is 0 Å². The van der Waals surface area contributed by atoms with Gasteiger partial charge in [0.05, 0.1) is 15.7 Å². The molecule has 2 aromatic carbocycles. The van der Waals surface area contributed by atoms with E-state index in [2.05, 4.69) is 0 Å². The van der Waals surface area contributed by atoms with Gasteiger partial charge in [0.1, 0.15) is 5.82 Å². The van der Waals surface area contributed by atoms with Crippen molar-refractivity contribution in [1.29, 1.82) is 0 Å². The fourth-order valence-electron chi connectivity index (χ4n) is 1.57. The van der Waals surface area contributed by atoms with E-state index < -0.39 is 0 Å². The number of aryl methyl sites for hydroxylation is 1. The molecule has 0 bridgehead atoms. The lowest BCUT2D eigenvalue weighted by Crippen LogP contribution is -1.89. The highest BCUT2D eigenvalue weighted by Gasteiger charge is 2.09. The maximum absolute atomic E-state index is 13.3. The molecule has 0 fully saturated rings. The quantitative estimate of drug-likeness (QED) is 0.747. The lowest BCUT2D eigenvalue weighted by molar-refractivity contribution is 0.619. The first-order valence-corrected chi connectivity index (χ1v) is 5.75. The van der Waals surface area contributed by atoms with Crippen LogP contribution in [0.4, 0.5) is 10.1 Å². The van der Waals surface area contributed by atoms with Crippen LogP contribution < -0.4 is 5.73 Å². The van der Waals surface area contributed by atoms with Crippen LogP contribution in [0.1, 0.15) is 5.56 Å². The summed E-state index contributed by atoms with van der Waals surface area (Å²) in [5.74, 6) is -0.319. The minimum absolute atomic E-state index is 0.319. The molecule has 2 rings (SSSR count). The van der Waals surface area contributed by atoms with E-state index in [9.17, 15) is 4.39 Å². The Kier molecular flexibility index (Phi) is 3.27. The molecule has 0 aromatic heterocycles. The standard InChI is InChI=1S/C13H10Cl2FN/c1-7-4-9(10(14)6-12(7)16)8-2-3-13(17)11(15)5-8/h2-6H,17H2,1H3. The van der Waals surface area contributed by atoms with Crippen molar-refractivity contribution >= 4 is 28.9 Å². The van der Waals surface area contributed by atoms with E-state index in [-0.39, 0.29) is 5.82 Å². The average Bonchev–Trinajstić information content (AvgIpc) is 2.27. The summed E-state index contributed by atoms with van der Waals surface area (Å²) in [6.45, 7) is 1.69. The maximum Gasteiger partial charge on any atom is 0.127 e. The van der Waals surface area contributed by atoms with Crippen LogP contribution in [-0.2, 0) is 0 Å². The molecular weight excluding hydrogens is 260 g/mol. The third kappa shape index (κ3) is 2.38. The fourth-order valence-corrected chi connectivity index (χ4v) is 2.01. The Balaban J connectivity index is 2.60. The molecule has 2 aromatic rings. The van der Waals surface area contributed by atoms with Crippen LogP contribution in [-0.4, -0.2) is 0 Å². The summed E-state index contributed by atoms with van der Waals surface area (Å²) in [5, 5.41) is 0.814. The van der Waals surface area contributed by atoms with Crippen molar-refractivity contribution in [3.8, 4) is 11.1 Å². The second-order valence-corrected chi connectivity index (χ2v) is 4.63. The Labute approximate surface area is 109 Å². The number of halogens is 3. The lowest BCUT2D eigenvalue weighted by atomic mass is 10.0. The first-order valence-electron chi connectivity index (χ1n) is 5.00. The summed E-state index contributed by atoms with van der Waals surface area (Å²) in [5.41, 5.74) is 8.24. The SMILES string of the molecule is Cc1cc(-c2ccc(N)c(Cl)c2)c(Cl)cc1F. The fraction of sp³-hybridized carbons (Fsp3) is 0.0769. The Bertz CT molecular complexity index is 582. The van der Waals surface area contributed by atoms with Gasteiger partial charge in [-0.2, -0.15) is 0 Å². The highest BCUT2D eigenvalue weighted by atomic mass is 35.5. The van der Waals surface area contributed by atoms with Gasteiger partial charge in [-0.05, 0) is 42.3 Å². The van der Waals surface area contributed by atoms with E-state index in [0.717, 1.165) is 11.1 Å². The van der Waals surface area contributed by atoms with E-state index in [0.29, 0.717) is 21.3 Å². The second-order valence-electron chi connectivity index (χ2n) is 3.82. The predicted octanol–water partition coefficient (Wildman–Crippen LogP) is 4.69. The van der Waals surface area contributed by atoms with Gasteiger partial charge in [-0.3, -0.25) is 0 Å². The molecule has 0 aliphatic carbocycles. The van der Waals surface area contributed by atoms with Gasteiger partial charge in [0, 0.05) is 5.56 Å². The third-order valence-corrected chi connectivity index (χ3v) is 3.20. The van der Waals surface area contributed by atoms with Crippen molar-refractivity contribution in [2.75, 3.05) is 5.73 Å². The van der Waals surface area contributed by atoms with E-state index in [4.69, 9.17) is 28.9 Å². The van der Waals surface area contributed by atoms with Gasteiger partial charge in [-0.15, -0.1) is 0 Å². The summed E-state index contributed by atoms with van der Waals surface area (Å²) < 4.78 is 13.3. The number of nitrogen functional groups attached to an aromatic ring is 1. The van der Waals surface area contributed by atoms with Crippen molar-refractivity contribution in [1.82, 2.24) is 0 Å². The highest BCUT2D eigenvalue weighted by molar-refractivity contribution is 6.34. The van der Waals surface area contributed by atoms with Crippen molar-refractivity contribution in [2.45, 2.75) is 6.92 Å². The molecule has 0 saturated heterocycles. The zero-order valence-electron chi connectivity index (χ0n) is 9.10. The molecule has 0 aliphatic heterocycles. The smallest absolute Gasteiger partial charge is 0.127 e. The molecule has 0 atom stereocenters. The predicted molar refractivity (Wildman–Crippen MR) is 71.0 cm³/mol. The molecule has 0 amide bonds. The van der Waals surface area contributed by atoms with Gasteiger partial charge in [-0.25, -0.2) is 4.39 Å². The Morgan fingerprint density at radius 3 is 2.41 bits per heavy atom. The van der Waals surface area contributed by atoms with E-state index in [1.54, 1.807) is 31.2 Å². The number of benzene rings is 2. The van der Waals surface area contributed by atoms with Crippen molar-refractivity contribution in [2.24, 2.45) is 0 Å². The molecule has 88 valence electrons. The Hall–Kier alpha value is -1.25. The summed E-state index contributed by atoms with van der Waals surface area (Å²) >= 11 is 12.0. The summed E-state index contributed by atoms with van der Waals surface area (Å²) in [6.07, 6.45) is 0. The molecule has 1 nitrogen and oxygen atoms in total. The highest BCUT2D eigenvalue weighted by Crippen LogP contribution is 2.33. The van der Waals surface area contributed by atoms with Crippen LogP contribution in [0.2, 0.25) is 10.0 Å². The zero-order chi connectivity index (χ0) is 12.6. The van der Waals surface area contributed by atoms with Crippen LogP contribution in [0.3, 0.4) is 0 Å². The first-order chi connectivity index (χ1) is 7.99. The van der Waals surface area contributed by atoms with Crippen molar-refractivity contribution in [3.63, 3.8) is 0 Å². The molecule has 0 radical (unpaired) electrons. The minimum Gasteiger partial charge on any atom is -0.398 e. The summed E-state index contributed by atoms with van der Waals surface area (Å²) in [6, 6.07) is 8.22. The lowest BCUT2D eigenvalue weighted by Gasteiger charge is -2.08. The monoisotopic (exact) mass is 269 g/mol. The van der Waals surface area contributed by atoms with Crippen molar-refractivity contribution < 1.29 is 4.39 Å². The summed E-state index contributed by atoms with van der Waals surface area (Å²) in [7, 11) is 0. The van der Waals surface area contributed by atoms with Crippen LogP contribution in [0.25, 0.3) is 11.1 Å². The molecule has 0 heterocycles. The van der Waals surface area contributed by atoms with E-state index in [1.807, 2.05) is 0 Å². The normalized spacial score (nSPS) is 10.6. The first kappa shape index (κ1) is 12.2. The molecule has 0 saturated carbocycles. The van der Waals surface area contributed by atoms with Gasteiger partial charge >= 0.3 is 0 Å². The van der Waals surface area contributed by atoms with Crippen LogP contribution in [0, 0.1) is 12.7 Å². The Morgan fingerprint density at radius 1 is 1.06 bits per heavy atom. The second kappa shape index (κ2) is 4.55. The van der Waals surface area contributed by atoms with Crippen molar-refractivity contribution in [3.05, 3.63) is 51.8 Å². The maximum atomic E-state index is 13.3. The van der Waals surface area contributed by atoms with Crippen LogP contribution in [0.5, 0.6) is 0 Å². The van der Waals surface area contributed by atoms with Crippen LogP contribution in [0.15, 0.2) is 30.3 Å². The topological polar surface area (TPSA) is 26.0 Å². The molecular formula is C13H10Cl2FN. The number of hydrogen-bond donors (Lipinski definition) is 1.